The van der Waals surface area contributed by atoms with E-state index in [9.17, 15) is 0 Å². The van der Waals surface area contributed by atoms with E-state index in [1.54, 1.807) is 0 Å². The number of rotatable bonds is 6. The summed E-state index contributed by atoms with van der Waals surface area (Å²) in [7, 11) is 0. The molecule has 0 radical (unpaired) electrons. The molecule has 194 valence electrons. The van der Waals surface area contributed by atoms with Crippen molar-refractivity contribution in [3.63, 3.8) is 0 Å². The smallest absolute Gasteiger partial charge is 0.174 e. The largest absolute Gasteiger partial charge is 0.490 e. The lowest BCUT2D eigenvalue weighted by Gasteiger charge is -2.28. The highest BCUT2D eigenvalue weighted by Crippen LogP contribution is 2.44. The van der Waals surface area contributed by atoms with Crippen LogP contribution in [0.25, 0.3) is 5.69 Å². The van der Waals surface area contributed by atoms with Crippen molar-refractivity contribution in [2.45, 2.75) is 57.7 Å². The lowest BCUT2D eigenvalue weighted by atomic mass is 9.96. The predicted octanol–water partition coefficient (Wildman–Crippen LogP) is 7.64. The molecule has 38 heavy (non-hydrogen) atoms. The summed E-state index contributed by atoms with van der Waals surface area (Å²) in [6.07, 6.45) is 6.95. The predicted molar refractivity (Wildman–Crippen MR) is 158 cm³/mol. The van der Waals surface area contributed by atoms with Crippen molar-refractivity contribution >= 4 is 34.6 Å². The molecule has 0 spiro atoms. The van der Waals surface area contributed by atoms with Crippen LogP contribution < -0.4 is 15.0 Å². The average Bonchev–Trinajstić information content (AvgIpc) is 3.64. The van der Waals surface area contributed by atoms with Crippen molar-refractivity contribution in [2.75, 3.05) is 4.90 Å². The van der Waals surface area contributed by atoms with Crippen LogP contribution in [0.3, 0.4) is 0 Å². The number of thiocarbonyl (C=S) groups is 1. The number of pyridine rings is 1. The lowest BCUT2D eigenvalue weighted by molar-refractivity contribution is 0.210. The number of nitrogens with one attached hydrogen (secondary N) is 1. The Hall–Kier alpha value is -3.35. The second-order valence-electron chi connectivity index (χ2n) is 10.2. The first-order valence-electron chi connectivity index (χ1n) is 13.2. The first-order chi connectivity index (χ1) is 18.5. The Labute approximate surface area is 234 Å². The number of hydrogen-bond acceptors (Lipinski definition) is 3. The molecule has 2 aromatic carbocycles. The van der Waals surface area contributed by atoms with Crippen LogP contribution >= 0.6 is 23.8 Å². The van der Waals surface area contributed by atoms with Gasteiger partial charge in [-0.05, 0) is 124 Å². The molecular formula is C31H31ClN4OS. The average molecular weight is 543 g/mol. The first kappa shape index (κ1) is 25.0. The topological polar surface area (TPSA) is 42.3 Å². The minimum Gasteiger partial charge on any atom is -0.490 e. The third kappa shape index (κ3) is 4.67. The molecule has 4 aromatic rings. The molecule has 2 unspecified atom stereocenters. The molecule has 1 saturated heterocycles. The van der Waals surface area contributed by atoms with Gasteiger partial charge < -0.3 is 19.5 Å². The molecule has 7 heteroatoms. The molecular weight excluding hydrogens is 512 g/mol. The number of ether oxygens (including phenoxy) is 1. The van der Waals surface area contributed by atoms with E-state index in [1.165, 1.54) is 18.4 Å². The fourth-order valence-electron chi connectivity index (χ4n) is 5.91. The highest BCUT2D eigenvalue weighted by atomic mass is 35.5. The number of benzene rings is 2. The van der Waals surface area contributed by atoms with Crippen molar-refractivity contribution in [2.24, 2.45) is 0 Å². The van der Waals surface area contributed by atoms with Crippen LogP contribution in [0.15, 0.2) is 79.0 Å². The Morgan fingerprint density at radius 1 is 0.947 bits per heavy atom. The summed E-state index contributed by atoms with van der Waals surface area (Å²) in [5.74, 6) is 0.914. The van der Waals surface area contributed by atoms with Crippen molar-refractivity contribution in [3.8, 4) is 11.4 Å². The zero-order valence-electron chi connectivity index (χ0n) is 21.6. The zero-order chi connectivity index (χ0) is 26.2. The van der Waals surface area contributed by atoms with E-state index in [2.05, 4.69) is 77.2 Å². The highest BCUT2D eigenvalue weighted by molar-refractivity contribution is 7.80. The van der Waals surface area contributed by atoms with E-state index in [0.29, 0.717) is 11.2 Å². The van der Waals surface area contributed by atoms with E-state index < -0.39 is 0 Å². The summed E-state index contributed by atoms with van der Waals surface area (Å²) in [4.78, 5) is 6.93. The van der Waals surface area contributed by atoms with Gasteiger partial charge in [-0.1, -0.05) is 17.7 Å². The van der Waals surface area contributed by atoms with Gasteiger partial charge in [0.05, 0.1) is 23.9 Å². The maximum absolute atomic E-state index is 6.23. The quantitative estimate of drug-likeness (QED) is 0.253. The minimum atomic E-state index is -0.0997. The second kappa shape index (κ2) is 10.4. The second-order valence-corrected chi connectivity index (χ2v) is 11.0. The van der Waals surface area contributed by atoms with Crippen LogP contribution in [-0.2, 0) is 0 Å². The van der Waals surface area contributed by atoms with E-state index >= 15 is 0 Å². The number of anilines is 1. The molecule has 5 nitrogen and oxygen atoms in total. The molecule has 1 N–H and O–H groups in total. The summed E-state index contributed by atoms with van der Waals surface area (Å²) in [6.45, 7) is 4.31. The third-order valence-corrected chi connectivity index (χ3v) is 8.26. The first-order valence-corrected chi connectivity index (χ1v) is 14.0. The molecule has 0 bridgehead atoms. The Morgan fingerprint density at radius 2 is 1.66 bits per heavy atom. The van der Waals surface area contributed by atoms with E-state index in [1.807, 2.05) is 30.5 Å². The number of halogens is 1. The standard InChI is InChI=1S/C31H31ClN4OS/c1-20-19-27(21(2)35(20)23-12-10-22(32)11-13-23)30-29(28-9-5-6-18-33-28)34-31(38)36(30)24-14-16-26(17-15-24)37-25-7-3-4-8-25/h5-6,9-19,25,29-30H,3-4,7-8H2,1-2H3,(H,34,38). The van der Waals surface area contributed by atoms with Gasteiger partial charge in [-0.3, -0.25) is 4.98 Å². The summed E-state index contributed by atoms with van der Waals surface area (Å²) in [6, 6.07) is 24.5. The summed E-state index contributed by atoms with van der Waals surface area (Å²) < 4.78 is 8.50. The Bertz CT molecular complexity index is 1430. The monoisotopic (exact) mass is 542 g/mol. The Kier molecular flexibility index (Phi) is 6.85. The Morgan fingerprint density at radius 3 is 2.34 bits per heavy atom. The van der Waals surface area contributed by atoms with Crippen molar-refractivity contribution in [1.29, 1.82) is 0 Å². The summed E-state index contributed by atoms with van der Waals surface area (Å²) in [5.41, 5.74) is 6.58. The summed E-state index contributed by atoms with van der Waals surface area (Å²) in [5, 5.41) is 4.99. The van der Waals surface area contributed by atoms with Gasteiger partial charge in [0.15, 0.2) is 5.11 Å². The molecule has 2 aromatic heterocycles. The SMILES string of the molecule is Cc1cc(C2C(c3ccccn3)NC(=S)N2c2ccc(OC3CCCC3)cc2)c(C)n1-c1ccc(Cl)cc1. The van der Waals surface area contributed by atoms with E-state index in [4.69, 9.17) is 33.5 Å². The van der Waals surface area contributed by atoms with Crippen molar-refractivity contribution in [3.05, 3.63) is 107 Å². The molecule has 0 amide bonds. The number of hydrogen-bond donors (Lipinski definition) is 1. The van der Waals surface area contributed by atoms with Gasteiger partial charge in [-0.2, -0.15) is 0 Å². The number of nitrogens with zero attached hydrogens (tertiary/aromatic N) is 3. The fourth-order valence-corrected chi connectivity index (χ4v) is 6.38. The minimum absolute atomic E-state index is 0.0775. The zero-order valence-corrected chi connectivity index (χ0v) is 23.2. The van der Waals surface area contributed by atoms with Crippen molar-refractivity contribution in [1.82, 2.24) is 14.9 Å². The van der Waals surface area contributed by atoms with Gasteiger partial charge in [0.25, 0.3) is 0 Å². The summed E-state index contributed by atoms with van der Waals surface area (Å²) >= 11 is 12.1. The van der Waals surface area contributed by atoms with Crippen LogP contribution in [0, 0.1) is 13.8 Å². The molecule has 6 rings (SSSR count). The van der Waals surface area contributed by atoms with E-state index in [0.717, 1.165) is 52.1 Å². The Balaban J connectivity index is 1.41. The molecule has 2 atom stereocenters. The van der Waals surface area contributed by atoms with Gasteiger partial charge >= 0.3 is 0 Å². The molecule has 2 aliphatic rings. The number of aryl methyl sites for hydroxylation is 1. The van der Waals surface area contributed by atoms with Crippen LogP contribution in [0.4, 0.5) is 5.69 Å². The van der Waals surface area contributed by atoms with Crippen molar-refractivity contribution < 1.29 is 4.74 Å². The van der Waals surface area contributed by atoms with Crippen LogP contribution in [0.1, 0.15) is 60.4 Å². The maximum Gasteiger partial charge on any atom is 0.174 e. The van der Waals surface area contributed by atoms with Gasteiger partial charge in [0.2, 0.25) is 0 Å². The normalized spacial score (nSPS) is 19.7. The van der Waals surface area contributed by atoms with Gasteiger partial charge in [0, 0.05) is 34.0 Å². The molecule has 1 aliphatic carbocycles. The van der Waals surface area contributed by atoms with Gasteiger partial charge in [-0.25, -0.2) is 0 Å². The molecule has 2 fully saturated rings. The maximum atomic E-state index is 6.23. The van der Waals surface area contributed by atoms with Gasteiger partial charge in [-0.15, -0.1) is 0 Å². The fraction of sp³-hybridized carbons (Fsp3) is 0.290. The van der Waals surface area contributed by atoms with Crippen LogP contribution in [0.2, 0.25) is 5.02 Å². The van der Waals surface area contributed by atoms with E-state index in [-0.39, 0.29) is 12.1 Å². The number of aromatic nitrogens is 2. The van der Waals surface area contributed by atoms with Crippen LogP contribution in [-0.4, -0.2) is 20.8 Å². The van der Waals surface area contributed by atoms with Crippen LogP contribution in [0.5, 0.6) is 5.75 Å². The highest BCUT2D eigenvalue weighted by Gasteiger charge is 2.42. The third-order valence-electron chi connectivity index (χ3n) is 7.69. The molecule has 1 saturated carbocycles. The molecule has 1 aliphatic heterocycles. The molecule has 3 heterocycles. The van der Waals surface area contributed by atoms with Gasteiger partial charge in [0.1, 0.15) is 5.75 Å². The lowest BCUT2D eigenvalue weighted by Crippen LogP contribution is -2.29.